The summed E-state index contributed by atoms with van der Waals surface area (Å²) in [6.07, 6.45) is 24.7. The van der Waals surface area contributed by atoms with Gasteiger partial charge in [-0.15, -0.1) is 11.3 Å². The number of hydrogen-bond donors (Lipinski definition) is 6. The number of aromatic nitrogens is 11. The number of Topliss-reactive ketones (excluding diaryl/α,β-unsaturated/α-hetero) is 3. The first-order chi connectivity index (χ1) is 63.7. The number of thioether (sulfide) groups is 3. The molecule has 12 aliphatic rings. The van der Waals surface area contributed by atoms with Crippen molar-refractivity contribution >= 4 is 115 Å². The van der Waals surface area contributed by atoms with Crippen molar-refractivity contribution in [2.75, 3.05) is 17.3 Å². The van der Waals surface area contributed by atoms with Gasteiger partial charge in [0, 0.05) is 29.5 Å². The highest BCUT2D eigenvalue weighted by Crippen LogP contribution is 2.72. The van der Waals surface area contributed by atoms with Gasteiger partial charge in [-0.2, -0.15) is 20.3 Å². The number of rotatable bonds is 15. The monoisotopic (exact) mass is 1870 g/mol. The van der Waals surface area contributed by atoms with Crippen LogP contribution in [-0.2, 0) is 40.7 Å². The fourth-order valence-electron chi connectivity index (χ4n) is 29.0. The minimum Gasteiger partial charge on any atom is -0.430 e. The van der Waals surface area contributed by atoms with Crippen molar-refractivity contribution in [1.29, 1.82) is 0 Å². The number of carbonyl (C=O) groups is 3. The molecule has 133 heavy (non-hydrogen) atoms. The standard InChI is InChI=1S/C36H39FN4O3S.C35H36FN3O3S2.C34H35FN4O4S/c1-34-17-21-19-38-41(24-11-9-23(37)10-12-24)29(21)16-22(34)8-13-25-26-14-15-36(44,35(26,2)18-30(42)32(25)34)31(43)20-45-33-39-27-6-4-5-7-28(27)40(33)3;1-33-16-20-18-37-39(23-10-8-22(36)9-11-23)27(20)15-21(33)7-12-24-25-13-14-35(42,34(25,2)17-28(40)31(24)33)30(41)19-43-32-38-26-5-3-4-6-29(26)44-32;1-32-15-19-17-37-39(22-8-6-21(35)7-9-22)25(19)14-20(32)5-10-23-24-11-12-34(42,33(24,2)16-26(40)29(23)32)28(41)18-44-31-38-30-27(43-31)4-3-13-36-30/h4-7,9-12,16,19,25-26,30,32,42,44H,8,13-15,17-18,20H2,1-3H3;3-6,8-11,15,18,24-25,28,31,40,42H,7,12-14,16-17,19H2,1-2H3;3-4,6-9,13-14,17,23-24,26,29,40,42H,5,10-12,15-16,18H2,1-2H3/t25?,26?,30-,32?,34?,35?,36-;24?,25?,28-,31?,33?,34?,35-;23?,24?,26-,29?,32?,33?,34-/m000/s1. The molecule has 0 saturated heterocycles. The van der Waals surface area contributed by atoms with Gasteiger partial charge in [-0.3, -0.25) is 14.4 Å². The minimum absolute atomic E-state index is 0.0157. The molecule has 7 aromatic heterocycles. The molecule has 7 heterocycles. The molecule has 28 heteroatoms. The van der Waals surface area contributed by atoms with Crippen LogP contribution in [0.1, 0.15) is 172 Å². The van der Waals surface area contributed by atoms with Gasteiger partial charge in [0.2, 0.25) is 0 Å². The number of thiazole rings is 1. The Balaban J connectivity index is 0.000000116. The normalized spacial score (nSPS) is 34.0. The van der Waals surface area contributed by atoms with Gasteiger partial charge in [-0.1, -0.05) is 118 Å². The molecule has 0 aliphatic heterocycles. The number of para-hydroxylation sites is 3. The maximum absolute atomic E-state index is 13.9. The van der Waals surface area contributed by atoms with E-state index in [0.717, 1.165) is 159 Å². The Morgan fingerprint density at radius 1 is 0.466 bits per heavy atom. The Morgan fingerprint density at radius 2 is 0.857 bits per heavy atom. The van der Waals surface area contributed by atoms with Crippen molar-refractivity contribution < 1.29 is 62.6 Å². The molecule has 690 valence electrons. The molecule has 21 nitrogen and oxygen atoms in total. The number of aliphatic hydroxyl groups is 6. The highest BCUT2D eigenvalue weighted by Gasteiger charge is 2.72. The summed E-state index contributed by atoms with van der Waals surface area (Å²) in [5, 5.41) is 87.5. The average molecular weight is 1870 g/mol. The maximum Gasteiger partial charge on any atom is 0.258 e. The third kappa shape index (κ3) is 13.9. The molecule has 0 bridgehead atoms. The van der Waals surface area contributed by atoms with Crippen LogP contribution in [-0.4, -0.2) is 154 Å². The van der Waals surface area contributed by atoms with Crippen molar-refractivity contribution in [2.24, 2.45) is 92.8 Å². The smallest absolute Gasteiger partial charge is 0.258 e. The molecule has 12 aromatic rings. The minimum atomic E-state index is -1.52. The van der Waals surface area contributed by atoms with Gasteiger partial charge in [0.25, 0.3) is 5.22 Å². The number of benzene rings is 5. The van der Waals surface area contributed by atoms with Gasteiger partial charge in [-0.05, 0) is 329 Å². The molecule has 12 aliphatic carbocycles. The fourth-order valence-corrected chi connectivity index (χ4v) is 32.8. The highest BCUT2D eigenvalue weighted by molar-refractivity contribution is 8.01. The predicted octanol–water partition coefficient (Wildman–Crippen LogP) is 18.8. The first-order valence-corrected chi connectivity index (χ1v) is 50.8. The number of fused-ring (bicyclic) bond motifs is 21. The van der Waals surface area contributed by atoms with E-state index < -0.39 is 51.4 Å². The molecule has 15 unspecified atom stereocenters. The lowest BCUT2D eigenvalue weighted by molar-refractivity contribution is -0.178. The number of aliphatic hydroxyl groups excluding tert-OH is 3. The summed E-state index contributed by atoms with van der Waals surface area (Å²) in [7, 11) is 1.95. The van der Waals surface area contributed by atoms with Crippen LogP contribution >= 0.6 is 46.6 Å². The fraction of sp³-hybridized carbons (Fsp3) is 0.467. The van der Waals surface area contributed by atoms with E-state index in [-0.39, 0.29) is 122 Å². The van der Waals surface area contributed by atoms with Crippen molar-refractivity contribution in [1.82, 2.24) is 53.8 Å². The number of halogens is 3. The zero-order valence-corrected chi connectivity index (χ0v) is 78.8. The summed E-state index contributed by atoms with van der Waals surface area (Å²) in [4.78, 5) is 59.5. The maximum atomic E-state index is 13.9. The van der Waals surface area contributed by atoms with Gasteiger partial charge >= 0.3 is 0 Å². The number of hydrogen-bond acceptors (Lipinski definition) is 21. The van der Waals surface area contributed by atoms with Crippen molar-refractivity contribution in [3.63, 3.8) is 0 Å². The van der Waals surface area contributed by atoms with E-state index in [9.17, 15) is 58.2 Å². The predicted molar refractivity (Wildman–Crippen MR) is 507 cm³/mol. The average Bonchev–Trinajstić information content (AvgIpc) is 1.58. The lowest BCUT2D eigenvalue weighted by atomic mass is 9.45. The number of imidazole rings is 1. The summed E-state index contributed by atoms with van der Waals surface area (Å²) in [5.74, 6) is 0.164. The molecular weight excluding hydrogens is 1760 g/mol. The van der Waals surface area contributed by atoms with Crippen LogP contribution in [0.15, 0.2) is 194 Å². The van der Waals surface area contributed by atoms with E-state index in [4.69, 9.17) is 9.40 Å². The van der Waals surface area contributed by atoms with Crippen LogP contribution < -0.4 is 0 Å². The van der Waals surface area contributed by atoms with E-state index >= 15 is 0 Å². The highest BCUT2D eigenvalue weighted by atomic mass is 32.2. The van der Waals surface area contributed by atoms with E-state index in [1.807, 2.05) is 99.7 Å². The molecule has 0 radical (unpaired) electrons. The molecule has 6 N–H and O–H groups in total. The number of carbonyl (C=O) groups excluding carboxylic acids is 3. The summed E-state index contributed by atoms with van der Waals surface area (Å²) in [6, 6.07) is 38.6. The molecule has 0 amide bonds. The van der Waals surface area contributed by atoms with Gasteiger partial charge in [0.1, 0.15) is 34.3 Å². The Bertz CT molecular complexity index is 6440. The van der Waals surface area contributed by atoms with Gasteiger partial charge < -0.3 is 39.6 Å². The second kappa shape index (κ2) is 32.6. The molecule has 21 atom stereocenters. The van der Waals surface area contributed by atoms with Crippen LogP contribution in [0.2, 0.25) is 0 Å². The summed E-state index contributed by atoms with van der Waals surface area (Å²) in [6.45, 7) is 13.0. The molecule has 0 spiro atoms. The second-order valence-corrected chi connectivity index (χ2v) is 45.8. The largest absolute Gasteiger partial charge is 0.430 e. The summed E-state index contributed by atoms with van der Waals surface area (Å²) < 4.78 is 56.1. The summed E-state index contributed by atoms with van der Waals surface area (Å²) >= 11 is 5.56. The Hall–Kier alpha value is -9.46. The van der Waals surface area contributed by atoms with Crippen LogP contribution in [0.3, 0.4) is 0 Å². The number of nitrogens with zero attached hydrogens (tertiary/aromatic N) is 11. The molecular formula is C105H110F3N11O10S4. The number of ketones is 3. The topological polar surface area (TPSA) is 296 Å². The van der Waals surface area contributed by atoms with E-state index in [2.05, 4.69) is 83.1 Å². The third-order valence-electron chi connectivity index (χ3n) is 35.5. The van der Waals surface area contributed by atoms with Gasteiger partial charge in [-0.25, -0.2) is 42.2 Å². The molecule has 9 fully saturated rings. The van der Waals surface area contributed by atoms with Crippen LogP contribution in [0.25, 0.3) is 67.8 Å². The van der Waals surface area contributed by atoms with E-state index in [1.54, 1.807) is 66.1 Å². The SMILES string of the molecule is CC12Cc3cnn(-c4ccc(F)cc4)c3C=C1CCC1C2[C@@H](O)CC2(C)C1CC[C@]2(O)C(=O)CSc1nc2ccccc2s1.CC12Cc3cnn(-c4ccc(F)cc4)c3C=C1CCC1C2[C@@H](O)CC2(C)C1CC[C@]2(O)C(=O)CSc1nc2ncccc2o1.Cn1c(SCC(=O)[C@@]2(O)CCC3C4CCC5=Cc6c(cnn6-c6ccc(F)cc6)CC5(C)C4[C@@H](O)CC32C)nc2ccccc21. The number of oxazole rings is 1. The molecule has 24 rings (SSSR count). The molecule has 9 saturated carbocycles. The Kier molecular flexibility index (Phi) is 21.8. The van der Waals surface area contributed by atoms with Crippen molar-refractivity contribution in [3.8, 4) is 17.1 Å². The Morgan fingerprint density at radius 3 is 1.26 bits per heavy atom. The third-order valence-corrected chi connectivity index (χ3v) is 39.5. The zero-order chi connectivity index (χ0) is 92.2. The van der Waals surface area contributed by atoms with Crippen LogP contribution in [0.4, 0.5) is 13.2 Å². The van der Waals surface area contributed by atoms with E-state index in [0.29, 0.717) is 55.0 Å². The number of aryl methyl sites for hydroxylation is 1. The first kappa shape index (κ1) is 88.8. The number of pyridine rings is 1. The second-order valence-electron chi connectivity index (χ2n) is 41.7. The van der Waals surface area contributed by atoms with Crippen LogP contribution in [0.5, 0.6) is 0 Å². The van der Waals surface area contributed by atoms with Gasteiger partial charge in [0.15, 0.2) is 38.1 Å². The van der Waals surface area contributed by atoms with Crippen molar-refractivity contribution in [3.05, 3.63) is 226 Å². The molecule has 5 aromatic carbocycles. The van der Waals surface area contributed by atoms with Crippen LogP contribution in [0, 0.1) is 103 Å². The quantitative estimate of drug-likeness (QED) is 0.0520. The Labute approximate surface area is 786 Å². The first-order valence-electron chi connectivity index (χ1n) is 47.0. The van der Waals surface area contributed by atoms with E-state index in [1.165, 1.54) is 88.4 Å². The number of allylic oxidation sites excluding steroid dienone is 3. The van der Waals surface area contributed by atoms with Gasteiger partial charge in [0.05, 0.1) is 110 Å². The summed E-state index contributed by atoms with van der Waals surface area (Å²) in [5.41, 5.74) is 9.49. The van der Waals surface area contributed by atoms with Crippen molar-refractivity contribution in [2.45, 2.75) is 207 Å². The zero-order valence-electron chi connectivity index (χ0n) is 75.5. The lowest BCUT2D eigenvalue weighted by Gasteiger charge is -2.60. The lowest BCUT2D eigenvalue weighted by Crippen LogP contribution is -2.62.